The minimum atomic E-state index is 0.833. The quantitative estimate of drug-likeness (QED) is 0.627. The second-order valence-corrected chi connectivity index (χ2v) is 6.51. The summed E-state index contributed by atoms with van der Waals surface area (Å²) in [7, 11) is 0. The van der Waals surface area contributed by atoms with Crippen LogP contribution in [0.2, 0.25) is 0 Å². The molecule has 0 aliphatic carbocycles. The number of nitrogens with two attached hydrogens (primary N) is 1. The predicted molar refractivity (Wildman–Crippen MR) is 90.5 cm³/mol. The number of anilines is 1. The van der Waals surface area contributed by atoms with Crippen molar-refractivity contribution in [3.8, 4) is 0 Å². The maximum Gasteiger partial charge on any atom is 0.0325 e. The zero-order chi connectivity index (χ0) is 14.9. The van der Waals surface area contributed by atoms with E-state index >= 15 is 0 Å². The molecule has 0 fully saturated rings. The maximum atomic E-state index is 5.84. The molecule has 0 radical (unpaired) electrons. The second kappa shape index (κ2) is 5.92. The van der Waals surface area contributed by atoms with Crippen LogP contribution in [-0.2, 0) is 5.75 Å². The number of hydrogen-bond acceptors (Lipinski definition) is 2. The Morgan fingerprint density at radius 2 is 1.40 bits per heavy atom. The lowest BCUT2D eigenvalue weighted by Crippen LogP contribution is -2.01. The average Bonchev–Trinajstić information content (AvgIpc) is 2.43. The fourth-order valence-corrected chi connectivity index (χ4v) is 3.69. The van der Waals surface area contributed by atoms with Gasteiger partial charge < -0.3 is 5.73 Å². The SMILES string of the molecule is Cc1c(C)c(C)c(CSc2cccc(N)c2)c(C)c1C. The van der Waals surface area contributed by atoms with E-state index in [9.17, 15) is 0 Å². The van der Waals surface area contributed by atoms with Gasteiger partial charge in [0.2, 0.25) is 0 Å². The lowest BCUT2D eigenvalue weighted by Gasteiger charge is -2.18. The third-order valence-electron chi connectivity index (χ3n) is 4.40. The smallest absolute Gasteiger partial charge is 0.0325 e. The first-order valence-electron chi connectivity index (χ1n) is 6.96. The van der Waals surface area contributed by atoms with Crippen LogP contribution < -0.4 is 5.73 Å². The molecule has 2 aromatic carbocycles. The number of rotatable bonds is 3. The van der Waals surface area contributed by atoms with Gasteiger partial charge in [-0.15, -0.1) is 11.8 Å². The van der Waals surface area contributed by atoms with E-state index < -0.39 is 0 Å². The number of benzene rings is 2. The molecular weight excluding hydrogens is 262 g/mol. The van der Waals surface area contributed by atoms with Gasteiger partial charge in [-0.05, 0) is 86.2 Å². The topological polar surface area (TPSA) is 26.0 Å². The van der Waals surface area contributed by atoms with Crippen LogP contribution in [0.1, 0.15) is 33.4 Å². The molecule has 0 aliphatic rings. The summed E-state index contributed by atoms with van der Waals surface area (Å²) in [6.07, 6.45) is 0. The molecule has 2 N–H and O–H groups in total. The van der Waals surface area contributed by atoms with E-state index in [4.69, 9.17) is 5.73 Å². The summed E-state index contributed by atoms with van der Waals surface area (Å²) in [6.45, 7) is 11.2. The summed E-state index contributed by atoms with van der Waals surface area (Å²) in [5.74, 6) is 1.00. The normalized spacial score (nSPS) is 10.8. The highest BCUT2D eigenvalue weighted by Gasteiger charge is 2.12. The van der Waals surface area contributed by atoms with Crippen LogP contribution in [0, 0.1) is 34.6 Å². The van der Waals surface area contributed by atoms with Crippen LogP contribution in [-0.4, -0.2) is 0 Å². The second-order valence-electron chi connectivity index (χ2n) is 5.46. The third kappa shape index (κ3) is 2.85. The molecular formula is C18H23NS. The van der Waals surface area contributed by atoms with Crippen LogP contribution in [0.3, 0.4) is 0 Å². The summed E-state index contributed by atoms with van der Waals surface area (Å²) < 4.78 is 0. The van der Waals surface area contributed by atoms with E-state index in [-0.39, 0.29) is 0 Å². The molecule has 0 unspecified atom stereocenters. The van der Waals surface area contributed by atoms with Gasteiger partial charge in [0.1, 0.15) is 0 Å². The van der Waals surface area contributed by atoms with Crippen LogP contribution in [0.5, 0.6) is 0 Å². The Hall–Kier alpha value is -1.41. The van der Waals surface area contributed by atoms with Gasteiger partial charge in [-0.2, -0.15) is 0 Å². The van der Waals surface area contributed by atoms with Crippen molar-refractivity contribution in [1.29, 1.82) is 0 Å². The molecule has 0 aromatic heterocycles. The summed E-state index contributed by atoms with van der Waals surface area (Å²) >= 11 is 1.86. The summed E-state index contributed by atoms with van der Waals surface area (Å²) in [5.41, 5.74) is 15.3. The first kappa shape index (κ1) is 15.0. The third-order valence-corrected chi connectivity index (χ3v) is 5.42. The number of thioether (sulfide) groups is 1. The van der Waals surface area contributed by atoms with Crippen LogP contribution in [0.25, 0.3) is 0 Å². The highest BCUT2D eigenvalue weighted by atomic mass is 32.2. The summed E-state index contributed by atoms with van der Waals surface area (Å²) in [4.78, 5) is 1.24. The molecule has 0 atom stereocenters. The van der Waals surface area contributed by atoms with Gasteiger partial charge in [0.25, 0.3) is 0 Å². The Kier molecular flexibility index (Phi) is 4.44. The Labute approximate surface area is 126 Å². The summed E-state index contributed by atoms with van der Waals surface area (Å²) in [6, 6.07) is 8.12. The van der Waals surface area contributed by atoms with E-state index in [2.05, 4.69) is 40.7 Å². The van der Waals surface area contributed by atoms with Crippen molar-refractivity contribution >= 4 is 17.4 Å². The Morgan fingerprint density at radius 3 is 1.95 bits per heavy atom. The molecule has 2 aromatic rings. The van der Waals surface area contributed by atoms with Crippen LogP contribution >= 0.6 is 11.8 Å². The van der Waals surface area contributed by atoms with E-state index in [1.807, 2.05) is 30.0 Å². The zero-order valence-electron chi connectivity index (χ0n) is 13.0. The molecule has 0 amide bonds. The molecule has 0 bridgehead atoms. The maximum absolute atomic E-state index is 5.84. The highest BCUT2D eigenvalue weighted by Crippen LogP contribution is 2.31. The molecule has 2 rings (SSSR count). The van der Waals surface area contributed by atoms with Gasteiger partial charge in [0, 0.05) is 16.3 Å². The Bertz CT molecular complexity index is 615. The molecule has 0 saturated carbocycles. The molecule has 0 spiro atoms. The van der Waals surface area contributed by atoms with Gasteiger partial charge in [-0.3, -0.25) is 0 Å². The molecule has 20 heavy (non-hydrogen) atoms. The lowest BCUT2D eigenvalue weighted by atomic mass is 9.90. The molecule has 106 valence electrons. The fraction of sp³-hybridized carbons (Fsp3) is 0.333. The van der Waals surface area contributed by atoms with E-state index in [1.54, 1.807) is 0 Å². The van der Waals surface area contributed by atoms with Gasteiger partial charge in [-0.1, -0.05) is 6.07 Å². The van der Waals surface area contributed by atoms with Gasteiger partial charge >= 0.3 is 0 Å². The first-order chi connectivity index (χ1) is 9.41. The zero-order valence-corrected chi connectivity index (χ0v) is 13.8. The molecule has 0 aliphatic heterocycles. The van der Waals surface area contributed by atoms with Crippen molar-refractivity contribution in [2.24, 2.45) is 0 Å². The van der Waals surface area contributed by atoms with E-state index in [1.165, 1.54) is 38.3 Å². The monoisotopic (exact) mass is 285 g/mol. The highest BCUT2D eigenvalue weighted by molar-refractivity contribution is 7.98. The first-order valence-corrected chi connectivity index (χ1v) is 7.94. The average molecular weight is 285 g/mol. The Balaban J connectivity index is 2.30. The van der Waals surface area contributed by atoms with Crippen LogP contribution in [0.15, 0.2) is 29.2 Å². The standard InChI is InChI=1S/C18H23NS/c1-11-12(2)14(4)18(15(5)13(11)3)10-20-17-8-6-7-16(19)9-17/h6-9H,10,19H2,1-5H3. The molecule has 0 saturated heterocycles. The van der Waals surface area contributed by atoms with Gasteiger partial charge in [0.15, 0.2) is 0 Å². The van der Waals surface area contributed by atoms with Gasteiger partial charge in [0.05, 0.1) is 0 Å². The van der Waals surface area contributed by atoms with Crippen molar-refractivity contribution in [3.05, 3.63) is 57.6 Å². The molecule has 2 heteroatoms. The minimum Gasteiger partial charge on any atom is -0.399 e. The number of nitrogen functional groups attached to an aromatic ring is 1. The minimum absolute atomic E-state index is 0.833. The van der Waals surface area contributed by atoms with Crippen molar-refractivity contribution in [2.45, 2.75) is 45.3 Å². The van der Waals surface area contributed by atoms with Crippen molar-refractivity contribution < 1.29 is 0 Å². The Morgan fingerprint density at radius 1 is 0.850 bits per heavy atom. The molecule has 0 heterocycles. The largest absolute Gasteiger partial charge is 0.399 e. The van der Waals surface area contributed by atoms with Gasteiger partial charge in [-0.25, -0.2) is 0 Å². The van der Waals surface area contributed by atoms with Crippen molar-refractivity contribution in [2.75, 3.05) is 5.73 Å². The van der Waals surface area contributed by atoms with E-state index in [0.29, 0.717) is 0 Å². The lowest BCUT2D eigenvalue weighted by molar-refractivity contribution is 1.12. The number of hydrogen-bond donors (Lipinski definition) is 1. The van der Waals surface area contributed by atoms with Crippen LogP contribution in [0.4, 0.5) is 5.69 Å². The van der Waals surface area contributed by atoms with Crippen molar-refractivity contribution in [1.82, 2.24) is 0 Å². The predicted octanol–water partition coefficient (Wildman–Crippen LogP) is 5.10. The fourth-order valence-electron chi connectivity index (χ4n) is 2.55. The van der Waals surface area contributed by atoms with E-state index in [0.717, 1.165) is 11.4 Å². The van der Waals surface area contributed by atoms with Crippen molar-refractivity contribution in [3.63, 3.8) is 0 Å². The molecule has 1 nitrogen and oxygen atoms in total. The summed E-state index contributed by atoms with van der Waals surface area (Å²) in [5, 5.41) is 0.